The van der Waals surface area contributed by atoms with Crippen LogP contribution in [0.25, 0.3) is 0 Å². The number of hydrogen-bond acceptors (Lipinski definition) is 2. The van der Waals surface area contributed by atoms with E-state index in [1.165, 1.54) is 103 Å². The molecule has 0 amide bonds. The summed E-state index contributed by atoms with van der Waals surface area (Å²) in [5.74, 6) is 1.52. The van der Waals surface area contributed by atoms with E-state index in [0.717, 1.165) is 24.9 Å². The van der Waals surface area contributed by atoms with Crippen LogP contribution in [0.2, 0.25) is 0 Å². The maximum atomic E-state index is 5.97. The second-order valence-corrected chi connectivity index (χ2v) is 7.89. The third kappa shape index (κ3) is 15.4. The van der Waals surface area contributed by atoms with Gasteiger partial charge in [-0.1, -0.05) is 90.9 Å². The quantitative estimate of drug-likeness (QED) is 0.267. The molecule has 0 aliphatic rings. The van der Waals surface area contributed by atoms with Gasteiger partial charge < -0.3 is 11.5 Å². The van der Waals surface area contributed by atoms with Gasteiger partial charge in [0.15, 0.2) is 0 Å². The molecule has 0 heterocycles. The second kappa shape index (κ2) is 19.2. The molecule has 2 unspecified atom stereocenters. The average molecular weight is 341 g/mol. The summed E-state index contributed by atoms with van der Waals surface area (Å²) in [6.45, 7) is 6.32. The number of hydrogen-bond donors (Lipinski definition) is 2. The van der Waals surface area contributed by atoms with Gasteiger partial charge in [-0.05, 0) is 50.6 Å². The minimum absolute atomic E-state index is 0.761. The summed E-state index contributed by atoms with van der Waals surface area (Å²) in [4.78, 5) is 0. The number of rotatable bonds is 19. The fourth-order valence-corrected chi connectivity index (χ4v) is 3.70. The highest BCUT2D eigenvalue weighted by molar-refractivity contribution is 4.64. The van der Waals surface area contributed by atoms with Crippen molar-refractivity contribution in [3.8, 4) is 0 Å². The Morgan fingerprint density at radius 3 is 1.04 bits per heavy atom. The largest absolute Gasteiger partial charge is 0.330 e. The van der Waals surface area contributed by atoms with E-state index in [1.54, 1.807) is 0 Å². The third-order valence-corrected chi connectivity index (χ3v) is 5.57. The average Bonchev–Trinajstić information content (AvgIpc) is 2.61. The Kier molecular flexibility index (Phi) is 19.2. The monoisotopic (exact) mass is 340 g/mol. The van der Waals surface area contributed by atoms with Gasteiger partial charge >= 0.3 is 0 Å². The molecule has 0 aromatic rings. The van der Waals surface area contributed by atoms with Crippen LogP contribution in [0.3, 0.4) is 0 Å². The lowest BCUT2D eigenvalue weighted by atomic mass is 9.91. The van der Waals surface area contributed by atoms with Gasteiger partial charge in [-0.15, -0.1) is 0 Å². The van der Waals surface area contributed by atoms with Crippen LogP contribution in [0, 0.1) is 11.8 Å². The van der Waals surface area contributed by atoms with Gasteiger partial charge in [-0.2, -0.15) is 0 Å². The molecule has 0 radical (unpaired) electrons. The van der Waals surface area contributed by atoms with Gasteiger partial charge in [-0.3, -0.25) is 0 Å². The molecule has 24 heavy (non-hydrogen) atoms. The second-order valence-electron chi connectivity index (χ2n) is 7.89. The van der Waals surface area contributed by atoms with Crippen molar-refractivity contribution in [2.75, 3.05) is 13.1 Å². The predicted octanol–water partition coefficient (Wildman–Crippen LogP) is 6.42. The summed E-state index contributed by atoms with van der Waals surface area (Å²) < 4.78 is 0. The zero-order valence-corrected chi connectivity index (χ0v) is 17.0. The van der Waals surface area contributed by atoms with Crippen LogP contribution in [-0.2, 0) is 0 Å². The molecule has 0 bridgehead atoms. The highest BCUT2D eigenvalue weighted by Crippen LogP contribution is 2.20. The minimum Gasteiger partial charge on any atom is -0.330 e. The van der Waals surface area contributed by atoms with Crippen molar-refractivity contribution in [3.63, 3.8) is 0 Å². The van der Waals surface area contributed by atoms with Crippen molar-refractivity contribution >= 4 is 0 Å². The number of unbranched alkanes of at least 4 members (excludes halogenated alkanes) is 9. The van der Waals surface area contributed by atoms with E-state index in [0.29, 0.717) is 0 Å². The Morgan fingerprint density at radius 1 is 0.458 bits per heavy atom. The summed E-state index contributed by atoms with van der Waals surface area (Å²) in [5.41, 5.74) is 11.9. The Bertz CT molecular complexity index is 206. The zero-order chi connectivity index (χ0) is 17.9. The van der Waals surface area contributed by atoms with Gasteiger partial charge in [0.2, 0.25) is 0 Å². The standard InChI is InChI=1S/C22H48N2/c1-3-5-7-9-11-15-21(19-23)17-13-14-18-22(20-24)16-12-10-8-6-4-2/h21-22H,3-20,23-24H2,1-2H3. The fraction of sp³-hybridized carbons (Fsp3) is 1.00. The van der Waals surface area contributed by atoms with Crippen molar-refractivity contribution in [2.45, 2.75) is 117 Å². The molecule has 0 spiro atoms. The van der Waals surface area contributed by atoms with Crippen molar-refractivity contribution in [1.29, 1.82) is 0 Å². The highest BCUT2D eigenvalue weighted by atomic mass is 14.5. The van der Waals surface area contributed by atoms with Crippen LogP contribution in [0.1, 0.15) is 117 Å². The Balaban J connectivity index is 3.59. The van der Waals surface area contributed by atoms with Crippen LogP contribution >= 0.6 is 0 Å². The maximum Gasteiger partial charge on any atom is -0.00489 e. The van der Waals surface area contributed by atoms with E-state index in [2.05, 4.69) is 13.8 Å². The first-order valence-corrected chi connectivity index (χ1v) is 11.2. The maximum absolute atomic E-state index is 5.97. The van der Waals surface area contributed by atoms with Crippen LogP contribution in [0.4, 0.5) is 0 Å². The van der Waals surface area contributed by atoms with E-state index < -0.39 is 0 Å². The summed E-state index contributed by atoms with van der Waals surface area (Å²) in [5, 5.41) is 0. The highest BCUT2D eigenvalue weighted by Gasteiger charge is 2.09. The smallest absolute Gasteiger partial charge is 0.00489 e. The van der Waals surface area contributed by atoms with Crippen LogP contribution in [0.15, 0.2) is 0 Å². The summed E-state index contributed by atoms with van der Waals surface area (Å²) in [6, 6.07) is 0. The Labute approximate surface area is 153 Å². The van der Waals surface area contributed by atoms with E-state index in [-0.39, 0.29) is 0 Å². The van der Waals surface area contributed by atoms with Gasteiger partial charge in [0.1, 0.15) is 0 Å². The normalized spacial score (nSPS) is 14.0. The molecule has 0 fully saturated rings. The molecule has 2 heteroatoms. The van der Waals surface area contributed by atoms with E-state index in [4.69, 9.17) is 11.5 Å². The summed E-state index contributed by atoms with van der Waals surface area (Å²) in [6.07, 6.45) is 21.9. The van der Waals surface area contributed by atoms with Crippen molar-refractivity contribution in [3.05, 3.63) is 0 Å². The van der Waals surface area contributed by atoms with Gasteiger partial charge in [-0.25, -0.2) is 0 Å². The van der Waals surface area contributed by atoms with Gasteiger partial charge in [0.25, 0.3) is 0 Å². The van der Waals surface area contributed by atoms with Crippen molar-refractivity contribution in [2.24, 2.45) is 23.3 Å². The molecule has 0 aliphatic heterocycles. The van der Waals surface area contributed by atoms with Crippen LogP contribution in [-0.4, -0.2) is 13.1 Å². The van der Waals surface area contributed by atoms with Crippen LogP contribution in [0.5, 0.6) is 0 Å². The molecule has 0 saturated heterocycles. The molecule has 0 aromatic carbocycles. The topological polar surface area (TPSA) is 52.0 Å². The lowest BCUT2D eigenvalue weighted by Crippen LogP contribution is -2.16. The zero-order valence-electron chi connectivity index (χ0n) is 17.0. The van der Waals surface area contributed by atoms with E-state index in [1.807, 2.05) is 0 Å². The molecule has 2 atom stereocenters. The molecule has 146 valence electrons. The summed E-state index contributed by atoms with van der Waals surface area (Å²) in [7, 11) is 0. The molecule has 2 nitrogen and oxygen atoms in total. The van der Waals surface area contributed by atoms with Gasteiger partial charge in [0.05, 0.1) is 0 Å². The van der Waals surface area contributed by atoms with Crippen LogP contribution < -0.4 is 11.5 Å². The van der Waals surface area contributed by atoms with E-state index in [9.17, 15) is 0 Å². The molecule has 4 N–H and O–H groups in total. The Morgan fingerprint density at radius 2 is 0.750 bits per heavy atom. The first-order valence-electron chi connectivity index (χ1n) is 11.2. The van der Waals surface area contributed by atoms with E-state index >= 15 is 0 Å². The number of nitrogens with two attached hydrogens (primary N) is 2. The molecule has 0 aromatic heterocycles. The molecule has 0 saturated carbocycles. The van der Waals surface area contributed by atoms with Crippen molar-refractivity contribution in [1.82, 2.24) is 0 Å². The lowest BCUT2D eigenvalue weighted by Gasteiger charge is -2.17. The third-order valence-electron chi connectivity index (χ3n) is 5.57. The molecule has 0 rings (SSSR count). The minimum atomic E-state index is 0.761. The first kappa shape index (κ1) is 23.9. The lowest BCUT2D eigenvalue weighted by molar-refractivity contribution is 0.380. The molecular weight excluding hydrogens is 292 g/mol. The summed E-state index contributed by atoms with van der Waals surface area (Å²) >= 11 is 0. The van der Waals surface area contributed by atoms with Gasteiger partial charge in [0, 0.05) is 0 Å². The fourth-order valence-electron chi connectivity index (χ4n) is 3.70. The first-order chi connectivity index (χ1) is 11.8. The molecule has 0 aliphatic carbocycles. The predicted molar refractivity (Wildman–Crippen MR) is 110 cm³/mol. The molecular formula is C22H48N2. The van der Waals surface area contributed by atoms with Crippen molar-refractivity contribution < 1.29 is 0 Å². The SMILES string of the molecule is CCCCCCCC(CN)CCCCC(CN)CCCCCCC. The Hall–Kier alpha value is -0.0800.